The van der Waals surface area contributed by atoms with Crippen molar-refractivity contribution in [3.05, 3.63) is 22.2 Å². The van der Waals surface area contributed by atoms with Crippen molar-refractivity contribution in [3.8, 4) is 11.5 Å². The molecular weight excluding hydrogens is 338 g/mol. The van der Waals surface area contributed by atoms with Gasteiger partial charge in [-0.1, -0.05) is 0 Å². The lowest BCUT2D eigenvalue weighted by Gasteiger charge is -2.23. The zero-order valence-corrected chi connectivity index (χ0v) is 13.7. The van der Waals surface area contributed by atoms with Crippen molar-refractivity contribution in [2.75, 3.05) is 33.4 Å². The van der Waals surface area contributed by atoms with E-state index < -0.39 is 5.97 Å². The molecule has 0 aliphatic carbocycles. The van der Waals surface area contributed by atoms with Crippen molar-refractivity contribution in [1.29, 1.82) is 0 Å². The standard InChI is InChI=1S/C15H20BrNO4/c1-20-13-10-11(15(18)19)9-12(16)14(13)21-8-7-17-5-3-2-4-6-17/h9-10H,2-8H2,1H3,(H,18,19). The van der Waals surface area contributed by atoms with Gasteiger partial charge < -0.3 is 24.3 Å². The van der Waals surface area contributed by atoms with E-state index in [2.05, 4.69) is 15.9 Å². The number of benzene rings is 1. The van der Waals surface area contributed by atoms with E-state index in [4.69, 9.17) is 9.47 Å². The number of aromatic carboxylic acids is 1. The second-order valence-electron chi connectivity index (χ2n) is 5.19. The van der Waals surface area contributed by atoms with Gasteiger partial charge in [-0.25, -0.2) is 0 Å². The van der Waals surface area contributed by atoms with E-state index in [0.29, 0.717) is 22.6 Å². The summed E-state index contributed by atoms with van der Waals surface area (Å²) in [5.74, 6) is -0.297. The average molecular weight is 358 g/mol. The highest BCUT2D eigenvalue weighted by molar-refractivity contribution is 9.10. The van der Waals surface area contributed by atoms with E-state index in [0.717, 1.165) is 6.54 Å². The number of hydrogen-bond acceptors (Lipinski definition) is 4. The lowest BCUT2D eigenvalue weighted by molar-refractivity contribution is -0.904. The highest BCUT2D eigenvalue weighted by Gasteiger charge is 2.16. The third-order valence-corrected chi connectivity index (χ3v) is 4.32. The molecule has 116 valence electrons. The quantitative estimate of drug-likeness (QED) is 0.793. The smallest absolute Gasteiger partial charge is 0.175 e. The van der Waals surface area contributed by atoms with Crippen molar-refractivity contribution in [2.24, 2.45) is 0 Å². The zero-order valence-electron chi connectivity index (χ0n) is 12.1. The molecule has 0 amide bonds. The summed E-state index contributed by atoms with van der Waals surface area (Å²) in [6.07, 6.45) is 3.89. The van der Waals surface area contributed by atoms with Gasteiger partial charge in [-0.15, -0.1) is 0 Å². The first-order valence-corrected chi connectivity index (χ1v) is 7.96. The number of nitrogens with one attached hydrogen (secondary N) is 1. The minimum atomic E-state index is -1.24. The molecule has 0 aromatic heterocycles. The van der Waals surface area contributed by atoms with Crippen LogP contribution in [0.25, 0.3) is 0 Å². The van der Waals surface area contributed by atoms with Gasteiger partial charge in [0.2, 0.25) is 0 Å². The molecule has 1 heterocycles. The monoisotopic (exact) mass is 357 g/mol. The highest BCUT2D eigenvalue weighted by Crippen LogP contribution is 2.36. The fourth-order valence-electron chi connectivity index (χ4n) is 2.58. The number of piperidine rings is 1. The molecule has 0 radical (unpaired) electrons. The summed E-state index contributed by atoms with van der Waals surface area (Å²) < 4.78 is 11.6. The molecule has 1 aromatic carbocycles. The second-order valence-corrected chi connectivity index (χ2v) is 6.04. The van der Waals surface area contributed by atoms with Crippen LogP contribution in [0.4, 0.5) is 0 Å². The van der Waals surface area contributed by atoms with Crippen molar-refractivity contribution in [3.63, 3.8) is 0 Å². The molecule has 0 atom stereocenters. The maximum absolute atomic E-state index is 10.9. The van der Waals surface area contributed by atoms with Gasteiger partial charge in [0.15, 0.2) is 11.5 Å². The highest BCUT2D eigenvalue weighted by atomic mass is 79.9. The first-order valence-electron chi connectivity index (χ1n) is 7.17. The Bertz CT molecular complexity index is 501. The first kappa shape index (κ1) is 16.1. The first-order chi connectivity index (χ1) is 10.1. The topological polar surface area (TPSA) is 63.0 Å². The summed E-state index contributed by atoms with van der Waals surface area (Å²) >= 11 is 3.33. The number of rotatable bonds is 6. The van der Waals surface area contributed by atoms with E-state index in [1.165, 1.54) is 51.6 Å². The molecule has 21 heavy (non-hydrogen) atoms. The molecule has 0 unspecified atom stereocenters. The molecule has 6 heteroatoms. The summed E-state index contributed by atoms with van der Waals surface area (Å²) in [6.45, 7) is 3.92. The average Bonchev–Trinajstić information content (AvgIpc) is 2.49. The van der Waals surface area contributed by atoms with E-state index in [1.807, 2.05) is 0 Å². The Kier molecular flexibility index (Phi) is 5.87. The van der Waals surface area contributed by atoms with Gasteiger partial charge in [0.05, 0.1) is 30.6 Å². The number of methoxy groups -OCH3 is 1. The molecule has 1 aliphatic rings. The number of halogens is 1. The number of quaternary nitrogens is 1. The minimum Gasteiger partial charge on any atom is -0.545 e. The molecule has 0 spiro atoms. The summed E-state index contributed by atoms with van der Waals surface area (Å²) in [6, 6.07) is 2.89. The van der Waals surface area contributed by atoms with Crippen molar-refractivity contribution in [1.82, 2.24) is 0 Å². The van der Waals surface area contributed by atoms with Gasteiger partial charge in [0.25, 0.3) is 0 Å². The van der Waals surface area contributed by atoms with Gasteiger partial charge in [-0.05, 0) is 47.3 Å². The van der Waals surface area contributed by atoms with Gasteiger partial charge in [-0.3, -0.25) is 0 Å². The van der Waals surface area contributed by atoms with Crippen LogP contribution < -0.4 is 19.5 Å². The molecule has 1 N–H and O–H groups in total. The Balaban J connectivity index is 1.99. The Hall–Kier alpha value is -1.27. The molecule has 1 aromatic rings. The van der Waals surface area contributed by atoms with Crippen molar-refractivity contribution in [2.45, 2.75) is 19.3 Å². The SMILES string of the molecule is COc1cc(C(=O)[O-])cc(Br)c1OCC[NH+]1CCCCC1. The summed E-state index contributed by atoms with van der Waals surface area (Å²) in [7, 11) is 1.49. The zero-order chi connectivity index (χ0) is 15.2. The third kappa shape index (κ3) is 4.35. The summed E-state index contributed by atoms with van der Waals surface area (Å²) in [5, 5.41) is 10.9. The molecule has 1 aliphatic heterocycles. The van der Waals surface area contributed by atoms with Crippen LogP contribution in [-0.2, 0) is 0 Å². The summed E-state index contributed by atoms with van der Waals surface area (Å²) in [4.78, 5) is 12.5. The number of ether oxygens (including phenoxy) is 2. The molecule has 0 bridgehead atoms. The predicted molar refractivity (Wildman–Crippen MR) is 79.9 cm³/mol. The normalized spacial score (nSPS) is 15.7. The van der Waals surface area contributed by atoms with Crippen molar-refractivity contribution >= 4 is 21.9 Å². The van der Waals surface area contributed by atoms with Gasteiger partial charge in [0, 0.05) is 5.56 Å². The third-order valence-electron chi connectivity index (χ3n) is 3.73. The van der Waals surface area contributed by atoms with Crippen LogP contribution in [0.5, 0.6) is 11.5 Å². The number of hydrogen-bond donors (Lipinski definition) is 1. The van der Waals surface area contributed by atoms with E-state index >= 15 is 0 Å². The summed E-state index contributed by atoms with van der Waals surface area (Å²) in [5.41, 5.74) is 0.0627. The van der Waals surface area contributed by atoms with E-state index in [-0.39, 0.29) is 5.56 Å². The van der Waals surface area contributed by atoms with Crippen LogP contribution in [0.1, 0.15) is 29.6 Å². The molecule has 1 fully saturated rings. The second kappa shape index (κ2) is 7.66. The minimum absolute atomic E-state index is 0.0627. The molecule has 1 saturated heterocycles. The lowest BCUT2D eigenvalue weighted by Crippen LogP contribution is -3.13. The number of carboxylic acids is 1. The van der Waals surface area contributed by atoms with Gasteiger partial charge >= 0.3 is 0 Å². The molecule has 5 nitrogen and oxygen atoms in total. The van der Waals surface area contributed by atoms with Crippen LogP contribution in [0.3, 0.4) is 0 Å². The number of carbonyl (C=O) groups excluding carboxylic acids is 1. The van der Waals surface area contributed by atoms with Crippen LogP contribution in [0.2, 0.25) is 0 Å². The van der Waals surface area contributed by atoms with Gasteiger partial charge in [0.1, 0.15) is 13.2 Å². The number of carboxylic acid groups (broad SMARTS) is 1. The van der Waals surface area contributed by atoms with Crippen LogP contribution in [0, 0.1) is 0 Å². The van der Waals surface area contributed by atoms with Gasteiger partial charge in [-0.2, -0.15) is 0 Å². The Morgan fingerprint density at radius 1 is 1.33 bits per heavy atom. The number of carbonyl (C=O) groups is 1. The molecule has 2 rings (SSSR count). The maximum Gasteiger partial charge on any atom is 0.175 e. The largest absolute Gasteiger partial charge is 0.545 e. The fraction of sp³-hybridized carbons (Fsp3) is 0.533. The maximum atomic E-state index is 10.9. The Labute approximate surface area is 133 Å². The van der Waals surface area contributed by atoms with Crippen molar-refractivity contribution < 1.29 is 24.3 Å². The lowest BCUT2D eigenvalue weighted by atomic mass is 10.1. The van der Waals surface area contributed by atoms with Crippen LogP contribution in [-0.4, -0.2) is 39.3 Å². The van der Waals surface area contributed by atoms with E-state index in [1.54, 1.807) is 4.90 Å². The number of likely N-dealkylation sites (tertiary alicyclic amines) is 1. The van der Waals surface area contributed by atoms with Crippen LogP contribution >= 0.6 is 15.9 Å². The predicted octanol–water partition coefficient (Wildman–Crippen LogP) is 0.269. The van der Waals surface area contributed by atoms with Crippen LogP contribution in [0.15, 0.2) is 16.6 Å². The Morgan fingerprint density at radius 3 is 2.67 bits per heavy atom. The van der Waals surface area contributed by atoms with E-state index in [9.17, 15) is 9.90 Å². The molecule has 0 saturated carbocycles. The molecular formula is C15H20BrNO4. The fourth-order valence-corrected chi connectivity index (χ4v) is 3.13. The Morgan fingerprint density at radius 2 is 2.05 bits per heavy atom.